The fourth-order valence-corrected chi connectivity index (χ4v) is 3.41. The lowest BCUT2D eigenvalue weighted by Crippen LogP contribution is -2.44. The summed E-state index contributed by atoms with van der Waals surface area (Å²) in [5, 5.41) is 6.85. The van der Waals surface area contributed by atoms with E-state index in [-0.39, 0.29) is 17.0 Å². The van der Waals surface area contributed by atoms with Crippen LogP contribution in [-0.2, 0) is 21.1 Å². The summed E-state index contributed by atoms with van der Waals surface area (Å²) in [6, 6.07) is 6.27. The van der Waals surface area contributed by atoms with Gasteiger partial charge in [0, 0.05) is 19.0 Å². The van der Waals surface area contributed by atoms with Gasteiger partial charge >= 0.3 is 6.03 Å². The Kier molecular flexibility index (Phi) is 5.48. The fourth-order valence-electron chi connectivity index (χ4n) is 2.78. The molecule has 1 atom stereocenters. The number of hydrogen-bond donors (Lipinski definition) is 1. The van der Waals surface area contributed by atoms with Crippen molar-refractivity contribution in [2.75, 3.05) is 31.3 Å². The van der Waals surface area contributed by atoms with Crippen molar-refractivity contribution < 1.29 is 17.9 Å². The predicted octanol–water partition coefficient (Wildman–Crippen LogP) is 1.53. The van der Waals surface area contributed by atoms with Gasteiger partial charge < -0.3 is 15.0 Å². The lowest BCUT2D eigenvalue weighted by molar-refractivity contribution is -0.0135. The standard InChI is InChI=1S/C18H20N4O4S/c1-3-8-22-12-15(11-19-22)20-18(23)21-9-10-26-17(13-21)14-4-6-16(7-5-14)27(2,24)25/h1,4-7,11-12,17H,8-10,13H2,2H3,(H,20,23). The molecule has 1 aromatic heterocycles. The second kappa shape index (κ2) is 7.82. The van der Waals surface area contributed by atoms with Crippen molar-refractivity contribution in [3.8, 4) is 12.3 Å². The highest BCUT2D eigenvalue weighted by atomic mass is 32.2. The number of urea groups is 1. The van der Waals surface area contributed by atoms with Crippen LogP contribution in [0.1, 0.15) is 11.7 Å². The molecule has 2 aromatic rings. The Balaban J connectivity index is 1.64. The molecular formula is C18H20N4O4S. The number of nitrogens with one attached hydrogen (secondary N) is 1. The van der Waals surface area contributed by atoms with E-state index in [1.807, 2.05) is 0 Å². The molecule has 1 aliphatic heterocycles. The van der Waals surface area contributed by atoms with E-state index in [1.165, 1.54) is 6.20 Å². The topological polar surface area (TPSA) is 93.5 Å². The summed E-state index contributed by atoms with van der Waals surface area (Å²) in [4.78, 5) is 14.4. The molecule has 1 N–H and O–H groups in total. The molecule has 9 heteroatoms. The van der Waals surface area contributed by atoms with Gasteiger partial charge in [0.15, 0.2) is 9.84 Å². The monoisotopic (exact) mass is 388 g/mol. The Morgan fingerprint density at radius 2 is 2.15 bits per heavy atom. The minimum atomic E-state index is -3.25. The van der Waals surface area contributed by atoms with E-state index in [2.05, 4.69) is 16.3 Å². The molecule has 3 rings (SSSR count). The zero-order chi connectivity index (χ0) is 19.4. The Morgan fingerprint density at radius 1 is 1.41 bits per heavy atom. The van der Waals surface area contributed by atoms with Crippen molar-refractivity contribution in [3.05, 3.63) is 42.2 Å². The van der Waals surface area contributed by atoms with Gasteiger partial charge in [0.05, 0.1) is 29.9 Å². The third-order valence-corrected chi connectivity index (χ3v) is 5.30. The van der Waals surface area contributed by atoms with Crippen LogP contribution in [0.25, 0.3) is 0 Å². The maximum Gasteiger partial charge on any atom is 0.322 e. The molecule has 142 valence electrons. The number of benzene rings is 1. The molecule has 1 saturated heterocycles. The van der Waals surface area contributed by atoms with Crippen LogP contribution in [0.3, 0.4) is 0 Å². The molecular weight excluding hydrogens is 368 g/mol. The Labute approximate surface area is 158 Å². The first kappa shape index (κ1) is 18.9. The van der Waals surface area contributed by atoms with Crippen LogP contribution in [-0.4, -0.2) is 55.1 Å². The van der Waals surface area contributed by atoms with Gasteiger partial charge in [-0.2, -0.15) is 5.10 Å². The highest BCUT2D eigenvalue weighted by Gasteiger charge is 2.26. The largest absolute Gasteiger partial charge is 0.370 e. The van der Waals surface area contributed by atoms with Crippen LogP contribution in [0.15, 0.2) is 41.6 Å². The normalized spacial score (nSPS) is 17.3. The summed E-state index contributed by atoms with van der Waals surface area (Å²) in [5.41, 5.74) is 1.39. The highest BCUT2D eigenvalue weighted by molar-refractivity contribution is 7.90. The van der Waals surface area contributed by atoms with Gasteiger partial charge in [-0.15, -0.1) is 6.42 Å². The number of terminal acetylenes is 1. The number of rotatable bonds is 4. The molecule has 1 aliphatic rings. The summed E-state index contributed by atoms with van der Waals surface area (Å²) >= 11 is 0. The Morgan fingerprint density at radius 3 is 2.81 bits per heavy atom. The summed E-state index contributed by atoms with van der Waals surface area (Å²) in [6.45, 7) is 1.55. The van der Waals surface area contributed by atoms with Crippen molar-refractivity contribution in [3.63, 3.8) is 0 Å². The van der Waals surface area contributed by atoms with E-state index in [0.717, 1.165) is 11.8 Å². The molecule has 0 saturated carbocycles. The smallest absolute Gasteiger partial charge is 0.322 e. The average molecular weight is 388 g/mol. The van der Waals surface area contributed by atoms with Gasteiger partial charge in [0.2, 0.25) is 0 Å². The molecule has 8 nitrogen and oxygen atoms in total. The second-order valence-corrected chi connectivity index (χ2v) is 8.22. The SMILES string of the molecule is C#CCn1cc(NC(=O)N2CCOC(c3ccc(S(C)(=O)=O)cc3)C2)cn1. The number of aromatic nitrogens is 2. The van der Waals surface area contributed by atoms with Crippen LogP contribution < -0.4 is 5.32 Å². The molecule has 0 bridgehead atoms. The lowest BCUT2D eigenvalue weighted by Gasteiger charge is -2.33. The molecule has 0 aliphatic carbocycles. The minimum Gasteiger partial charge on any atom is -0.370 e. The lowest BCUT2D eigenvalue weighted by atomic mass is 10.1. The summed E-state index contributed by atoms with van der Waals surface area (Å²) in [5.74, 6) is 2.47. The number of sulfone groups is 1. The van der Waals surface area contributed by atoms with Gasteiger partial charge in [-0.25, -0.2) is 13.2 Å². The number of morpholine rings is 1. The predicted molar refractivity (Wildman–Crippen MR) is 99.9 cm³/mol. The van der Waals surface area contributed by atoms with Crippen molar-refractivity contribution in [2.24, 2.45) is 0 Å². The van der Waals surface area contributed by atoms with Crippen LogP contribution >= 0.6 is 0 Å². The quantitative estimate of drug-likeness (QED) is 0.802. The summed E-state index contributed by atoms with van der Waals surface area (Å²) in [6.07, 6.45) is 9.29. The van der Waals surface area contributed by atoms with Crippen LogP contribution in [0.5, 0.6) is 0 Å². The van der Waals surface area contributed by atoms with E-state index >= 15 is 0 Å². The first-order valence-corrected chi connectivity index (χ1v) is 10.2. The van der Waals surface area contributed by atoms with Gasteiger partial charge in [-0.1, -0.05) is 18.1 Å². The maximum atomic E-state index is 12.5. The Hall–Kier alpha value is -2.83. The van der Waals surface area contributed by atoms with Gasteiger partial charge in [-0.3, -0.25) is 4.68 Å². The number of ether oxygens (including phenoxy) is 1. The molecule has 1 fully saturated rings. The second-order valence-electron chi connectivity index (χ2n) is 6.21. The van der Waals surface area contributed by atoms with Crippen LogP contribution in [0, 0.1) is 12.3 Å². The van der Waals surface area contributed by atoms with Crippen molar-refractivity contribution in [1.82, 2.24) is 14.7 Å². The first-order chi connectivity index (χ1) is 12.9. The minimum absolute atomic E-state index is 0.251. The number of nitrogens with zero attached hydrogens (tertiary/aromatic N) is 3. The van der Waals surface area contributed by atoms with E-state index in [1.54, 1.807) is 40.0 Å². The van der Waals surface area contributed by atoms with Gasteiger partial charge in [0.1, 0.15) is 12.6 Å². The molecule has 0 spiro atoms. The summed E-state index contributed by atoms with van der Waals surface area (Å²) in [7, 11) is -3.25. The van der Waals surface area contributed by atoms with Crippen LogP contribution in [0.4, 0.5) is 10.5 Å². The number of hydrogen-bond acceptors (Lipinski definition) is 5. The van der Waals surface area contributed by atoms with Gasteiger partial charge in [0.25, 0.3) is 0 Å². The van der Waals surface area contributed by atoms with E-state index in [0.29, 0.717) is 31.9 Å². The third kappa shape index (κ3) is 4.67. The molecule has 0 radical (unpaired) electrons. The average Bonchev–Trinajstić information content (AvgIpc) is 3.08. The maximum absolute atomic E-state index is 12.5. The Bertz CT molecular complexity index is 960. The van der Waals surface area contributed by atoms with Gasteiger partial charge in [-0.05, 0) is 17.7 Å². The molecule has 1 unspecified atom stereocenters. The molecule has 1 aromatic carbocycles. The molecule has 27 heavy (non-hydrogen) atoms. The van der Waals surface area contributed by atoms with E-state index in [4.69, 9.17) is 11.2 Å². The highest BCUT2D eigenvalue weighted by Crippen LogP contribution is 2.24. The first-order valence-electron chi connectivity index (χ1n) is 8.30. The van der Waals surface area contributed by atoms with Crippen LogP contribution in [0.2, 0.25) is 0 Å². The van der Waals surface area contributed by atoms with Crippen molar-refractivity contribution in [1.29, 1.82) is 0 Å². The number of carbonyl (C=O) groups excluding carboxylic acids is 1. The zero-order valence-electron chi connectivity index (χ0n) is 14.8. The van der Waals surface area contributed by atoms with E-state index < -0.39 is 9.84 Å². The zero-order valence-corrected chi connectivity index (χ0v) is 15.6. The molecule has 2 heterocycles. The van der Waals surface area contributed by atoms with Crippen molar-refractivity contribution in [2.45, 2.75) is 17.5 Å². The molecule has 2 amide bonds. The fraction of sp³-hybridized carbons (Fsp3) is 0.333. The third-order valence-electron chi connectivity index (χ3n) is 4.17. The number of carbonyl (C=O) groups is 1. The number of amides is 2. The van der Waals surface area contributed by atoms with E-state index in [9.17, 15) is 13.2 Å². The number of anilines is 1. The van der Waals surface area contributed by atoms with Crippen molar-refractivity contribution >= 4 is 21.6 Å². The summed E-state index contributed by atoms with van der Waals surface area (Å²) < 4.78 is 30.4.